The van der Waals surface area contributed by atoms with E-state index in [0.717, 1.165) is 24.0 Å². The maximum atomic E-state index is 3.83. The molecule has 1 aliphatic heterocycles. The van der Waals surface area contributed by atoms with Crippen molar-refractivity contribution in [1.29, 1.82) is 0 Å². The maximum absolute atomic E-state index is 3.83. The predicted molar refractivity (Wildman–Crippen MR) is 72.2 cm³/mol. The molecule has 0 aromatic rings. The molecule has 3 aliphatic rings. The average Bonchev–Trinajstić information content (AvgIpc) is 3.21. The van der Waals surface area contributed by atoms with Gasteiger partial charge in [-0.15, -0.1) is 0 Å². The Bertz CT molecular complexity index is 245. The second kappa shape index (κ2) is 5.27. The smallest absolute Gasteiger partial charge is 0.0198 e. The van der Waals surface area contributed by atoms with Gasteiger partial charge in [-0.2, -0.15) is 0 Å². The lowest BCUT2D eigenvalue weighted by atomic mass is 9.99. The van der Waals surface area contributed by atoms with E-state index in [0.29, 0.717) is 0 Å². The van der Waals surface area contributed by atoms with Crippen LogP contribution >= 0.6 is 0 Å². The maximum Gasteiger partial charge on any atom is 0.0198 e. The molecule has 2 aliphatic carbocycles. The van der Waals surface area contributed by atoms with Crippen LogP contribution in [-0.4, -0.2) is 36.1 Å². The van der Waals surface area contributed by atoms with Crippen LogP contribution in [0.25, 0.3) is 0 Å². The number of hydrogen-bond donors (Lipinski definition) is 1. The molecule has 17 heavy (non-hydrogen) atoms. The summed E-state index contributed by atoms with van der Waals surface area (Å²) in [6.07, 6.45) is 11.5. The molecule has 2 nitrogen and oxygen atoms in total. The number of piperidine rings is 1. The summed E-state index contributed by atoms with van der Waals surface area (Å²) in [5.74, 6) is 1.08. The summed E-state index contributed by atoms with van der Waals surface area (Å²) in [7, 11) is 0. The molecule has 3 rings (SSSR count). The van der Waals surface area contributed by atoms with Gasteiger partial charge in [0.1, 0.15) is 0 Å². The molecule has 3 fully saturated rings. The lowest BCUT2D eigenvalue weighted by Gasteiger charge is -2.38. The molecule has 1 saturated heterocycles. The zero-order chi connectivity index (χ0) is 11.7. The van der Waals surface area contributed by atoms with Gasteiger partial charge in [-0.05, 0) is 51.0 Å². The SMILES string of the molecule is CCC(CC1CC1)N1CCCC(NC2CC2)C1. The van der Waals surface area contributed by atoms with Crippen molar-refractivity contribution < 1.29 is 0 Å². The Morgan fingerprint density at radius 3 is 2.59 bits per heavy atom. The Kier molecular flexibility index (Phi) is 3.72. The third-order valence-electron chi connectivity index (χ3n) is 4.79. The summed E-state index contributed by atoms with van der Waals surface area (Å²) >= 11 is 0. The third-order valence-corrected chi connectivity index (χ3v) is 4.79. The molecule has 0 amide bonds. The van der Waals surface area contributed by atoms with Crippen molar-refractivity contribution in [2.24, 2.45) is 5.92 Å². The van der Waals surface area contributed by atoms with Gasteiger partial charge in [0.15, 0.2) is 0 Å². The number of hydrogen-bond acceptors (Lipinski definition) is 2. The van der Waals surface area contributed by atoms with Crippen molar-refractivity contribution >= 4 is 0 Å². The van der Waals surface area contributed by atoms with Gasteiger partial charge in [-0.25, -0.2) is 0 Å². The first-order valence-electron chi connectivity index (χ1n) is 7.85. The highest BCUT2D eigenvalue weighted by molar-refractivity contribution is 4.90. The van der Waals surface area contributed by atoms with Crippen molar-refractivity contribution in [2.45, 2.75) is 76.4 Å². The quantitative estimate of drug-likeness (QED) is 0.763. The van der Waals surface area contributed by atoms with Gasteiger partial charge >= 0.3 is 0 Å². The third kappa shape index (κ3) is 3.45. The van der Waals surface area contributed by atoms with E-state index >= 15 is 0 Å². The van der Waals surface area contributed by atoms with Crippen LogP contribution in [0.4, 0.5) is 0 Å². The molecule has 0 spiro atoms. The van der Waals surface area contributed by atoms with Crippen molar-refractivity contribution in [3.05, 3.63) is 0 Å². The fraction of sp³-hybridized carbons (Fsp3) is 1.00. The summed E-state index contributed by atoms with van der Waals surface area (Å²) in [6, 6.07) is 2.55. The Morgan fingerprint density at radius 1 is 1.12 bits per heavy atom. The standard InChI is InChI=1S/C15H28N2/c1-2-15(10-12-5-6-12)17-9-3-4-14(11-17)16-13-7-8-13/h12-16H,2-11H2,1H3. The Hall–Kier alpha value is -0.0800. The fourth-order valence-corrected chi connectivity index (χ4v) is 3.37. The molecular weight excluding hydrogens is 208 g/mol. The summed E-state index contributed by atoms with van der Waals surface area (Å²) in [5.41, 5.74) is 0. The van der Waals surface area contributed by atoms with E-state index < -0.39 is 0 Å². The molecule has 2 atom stereocenters. The lowest BCUT2D eigenvalue weighted by molar-refractivity contribution is 0.123. The van der Waals surface area contributed by atoms with Gasteiger partial charge in [0.2, 0.25) is 0 Å². The lowest BCUT2D eigenvalue weighted by Crippen LogP contribution is -2.50. The normalized spacial score (nSPS) is 32.6. The number of likely N-dealkylation sites (tertiary alicyclic amines) is 1. The van der Waals surface area contributed by atoms with Crippen molar-refractivity contribution in [2.75, 3.05) is 13.1 Å². The van der Waals surface area contributed by atoms with Gasteiger partial charge in [0.25, 0.3) is 0 Å². The molecule has 2 unspecified atom stereocenters. The molecular formula is C15H28N2. The van der Waals surface area contributed by atoms with Crippen LogP contribution in [-0.2, 0) is 0 Å². The van der Waals surface area contributed by atoms with E-state index in [4.69, 9.17) is 0 Å². The van der Waals surface area contributed by atoms with Crippen LogP contribution in [0.1, 0.15) is 58.3 Å². The topological polar surface area (TPSA) is 15.3 Å². The predicted octanol–water partition coefficient (Wildman–Crippen LogP) is 2.78. The molecule has 0 aromatic heterocycles. The largest absolute Gasteiger partial charge is 0.310 e. The van der Waals surface area contributed by atoms with Crippen LogP contribution < -0.4 is 5.32 Å². The summed E-state index contributed by atoms with van der Waals surface area (Å²) in [5, 5.41) is 3.83. The number of rotatable bonds is 6. The zero-order valence-electron chi connectivity index (χ0n) is 11.3. The molecule has 0 radical (unpaired) electrons. The average molecular weight is 236 g/mol. The molecule has 98 valence electrons. The first-order chi connectivity index (χ1) is 8.35. The monoisotopic (exact) mass is 236 g/mol. The Labute approximate surface area is 106 Å². The van der Waals surface area contributed by atoms with Gasteiger partial charge < -0.3 is 5.32 Å². The van der Waals surface area contributed by atoms with Crippen LogP contribution in [0.3, 0.4) is 0 Å². The number of nitrogens with one attached hydrogen (secondary N) is 1. The zero-order valence-corrected chi connectivity index (χ0v) is 11.3. The van der Waals surface area contributed by atoms with Crippen molar-refractivity contribution in [1.82, 2.24) is 10.2 Å². The van der Waals surface area contributed by atoms with Crippen molar-refractivity contribution in [3.63, 3.8) is 0 Å². The van der Waals surface area contributed by atoms with Crippen molar-refractivity contribution in [3.8, 4) is 0 Å². The van der Waals surface area contributed by atoms with Gasteiger partial charge in [-0.3, -0.25) is 4.90 Å². The minimum Gasteiger partial charge on any atom is -0.310 e. The second-order valence-corrected chi connectivity index (χ2v) is 6.52. The Morgan fingerprint density at radius 2 is 1.94 bits per heavy atom. The van der Waals surface area contributed by atoms with Crippen LogP contribution in [0.2, 0.25) is 0 Å². The minimum absolute atomic E-state index is 0.796. The van der Waals surface area contributed by atoms with E-state index in [2.05, 4.69) is 17.1 Å². The summed E-state index contributed by atoms with van der Waals surface area (Å²) in [6.45, 7) is 5.06. The van der Waals surface area contributed by atoms with Crippen LogP contribution in [0.15, 0.2) is 0 Å². The first-order valence-corrected chi connectivity index (χ1v) is 7.85. The highest BCUT2D eigenvalue weighted by Gasteiger charge is 2.32. The van der Waals surface area contributed by atoms with Gasteiger partial charge in [-0.1, -0.05) is 19.8 Å². The summed E-state index contributed by atoms with van der Waals surface area (Å²) in [4.78, 5) is 2.79. The van der Waals surface area contributed by atoms with E-state index in [9.17, 15) is 0 Å². The molecule has 1 N–H and O–H groups in total. The fourth-order valence-electron chi connectivity index (χ4n) is 3.37. The molecule has 0 bridgehead atoms. The Balaban J connectivity index is 1.49. The number of nitrogens with zero attached hydrogens (tertiary/aromatic N) is 1. The first kappa shape index (κ1) is 12.0. The molecule has 1 heterocycles. The van der Waals surface area contributed by atoms with E-state index in [1.54, 1.807) is 0 Å². The van der Waals surface area contributed by atoms with Gasteiger partial charge in [0, 0.05) is 24.7 Å². The van der Waals surface area contributed by atoms with Crippen LogP contribution in [0, 0.1) is 5.92 Å². The molecule has 2 heteroatoms. The summed E-state index contributed by atoms with van der Waals surface area (Å²) < 4.78 is 0. The highest BCUT2D eigenvalue weighted by Crippen LogP contribution is 2.36. The van der Waals surface area contributed by atoms with Gasteiger partial charge in [0.05, 0.1) is 0 Å². The van der Waals surface area contributed by atoms with E-state index in [1.165, 1.54) is 64.5 Å². The minimum atomic E-state index is 0.796. The molecule has 0 aromatic carbocycles. The van der Waals surface area contributed by atoms with E-state index in [1.807, 2.05) is 0 Å². The van der Waals surface area contributed by atoms with Crippen LogP contribution in [0.5, 0.6) is 0 Å². The molecule has 2 saturated carbocycles. The second-order valence-electron chi connectivity index (χ2n) is 6.52. The van der Waals surface area contributed by atoms with E-state index in [-0.39, 0.29) is 0 Å². The highest BCUT2D eigenvalue weighted by atomic mass is 15.2.